The number of aliphatic hydroxyl groups is 1. The number of carbonyl (C=O) groups is 1. The first-order valence-electron chi connectivity index (χ1n) is 6.27. The highest BCUT2D eigenvalue weighted by molar-refractivity contribution is 7.99. The van der Waals surface area contributed by atoms with Crippen molar-refractivity contribution < 1.29 is 9.90 Å². The van der Waals surface area contributed by atoms with Gasteiger partial charge < -0.3 is 10.4 Å². The van der Waals surface area contributed by atoms with Crippen LogP contribution in [0.15, 0.2) is 22.9 Å². The number of nitrogens with zero attached hydrogens (tertiary/aromatic N) is 1. The molecular weight excluding hydrogens is 312 g/mol. The molecule has 2 aromatic rings. The van der Waals surface area contributed by atoms with Crippen molar-refractivity contribution in [2.45, 2.75) is 6.42 Å². The van der Waals surface area contributed by atoms with Gasteiger partial charge in [-0.3, -0.25) is 4.79 Å². The molecule has 2 N–H and O–H groups in total. The molecular formula is C13H16N2O2S3. The molecule has 2 heterocycles. The number of thiazole rings is 1. The minimum absolute atomic E-state index is 0.119. The Morgan fingerprint density at radius 3 is 3.05 bits per heavy atom. The molecule has 0 aliphatic heterocycles. The molecule has 0 unspecified atom stereocenters. The fraction of sp³-hybridized carbons (Fsp3) is 0.385. The van der Waals surface area contributed by atoms with Crippen molar-refractivity contribution in [2.24, 2.45) is 0 Å². The lowest BCUT2D eigenvalue weighted by Gasteiger charge is -2.02. The first-order chi connectivity index (χ1) is 9.81. The zero-order chi connectivity index (χ0) is 14.2. The summed E-state index contributed by atoms with van der Waals surface area (Å²) in [5.41, 5.74) is 0.485. The second-order valence-electron chi connectivity index (χ2n) is 3.96. The lowest BCUT2D eigenvalue weighted by molar-refractivity contribution is 0.0952. The van der Waals surface area contributed by atoms with Crippen LogP contribution < -0.4 is 5.32 Å². The second kappa shape index (κ2) is 8.41. The number of hydrogen-bond acceptors (Lipinski definition) is 6. The number of hydrogen-bond donors (Lipinski definition) is 2. The quantitative estimate of drug-likeness (QED) is 0.732. The summed E-state index contributed by atoms with van der Waals surface area (Å²) in [6.45, 7) is 0.852. The summed E-state index contributed by atoms with van der Waals surface area (Å²) in [7, 11) is 0. The van der Waals surface area contributed by atoms with Crippen LogP contribution in [0.3, 0.4) is 0 Å². The van der Waals surface area contributed by atoms with Crippen molar-refractivity contribution in [3.8, 4) is 9.88 Å². The predicted octanol–water partition coefficient (Wildman–Crippen LogP) is 2.72. The van der Waals surface area contributed by atoms with Crippen LogP contribution in [-0.2, 0) is 0 Å². The lowest BCUT2D eigenvalue weighted by Crippen LogP contribution is -2.26. The van der Waals surface area contributed by atoms with E-state index in [1.165, 1.54) is 11.3 Å². The van der Waals surface area contributed by atoms with E-state index in [1.807, 2.05) is 17.5 Å². The number of nitrogens with one attached hydrogen (secondary N) is 1. The molecule has 0 aromatic carbocycles. The van der Waals surface area contributed by atoms with E-state index in [-0.39, 0.29) is 12.5 Å². The fourth-order valence-electron chi connectivity index (χ4n) is 1.49. The molecule has 2 rings (SSSR count). The van der Waals surface area contributed by atoms with Gasteiger partial charge in [0.2, 0.25) is 0 Å². The monoisotopic (exact) mass is 328 g/mol. The third-order valence-corrected chi connectivity index (χ3v) is 5.40. The Morgan fingerprint density at radius 1 is 1.40 bits per heavy atom. The number of thioether (sulfide) groups is 1. The van der Waals surface area contributed by atoms with Gasteiger partial charge in [0, 0.05) is 24.3 Å². The number of carbonyl (C=O) groups excluding carboxylic acids is 1. The van der Waals surface area contributed by atoms with Crippen LogP contribution in [0.25, 0.3) is 9.88 Å². The Kier molecular flexibility index (Phi) is 6.52. The maximum Gasteiger partial charge on any atom is 0.270 e. The summed E-state index contributed by atoms with van der Waals surface area (Å²) in [5.74, 6) is 1.66. The van der Waals surface area contributed by atoms with Gasteiger partial charge in [0.1, 0.15) is 10.7 Å². The molecule has 0 aliphatic rings. The highest BCUT2D eigenvalue weighted by Crippen LogP contribution is 2.27. The fourth-order valence-corrected chi connectivity index (χ4v) is 3.89. The molecule has 0 bridgehead atoms. The van der Waals surface area contributed by atoms with Crippen molar-refractivity contribution >= 4 is 40.3 Å². The van der Waals surface area contributed by atoms with E-state index in [9.17, 15) is 4.79 Å². The van der Waals surface area contributed by atoms with Crippen LogP contribution in [0, 0.1) is 0 Å². The molecule has 0 saturated heterocycles. The van der Waals surface area contributed by atoms with Gasteiger partial charge in [-0.15, -0.1) is 22.7 Å². The zero-order valence-electron chi connectivity index (χ0n) is 10.9. The van der Waals surface area contributed by atoms with Gasteiger partial charge in [-0.1, -0.05) is 6.07 Å². The van der Waals surface area contributed by atoms with Crippen LogP contribution in [0.2, 0.25) is 0 Å². The molecule has 0 atom stereocenters. The topological polar surface area (TPSA) is 62.2 Å². The number of aromatic nitrogens is 1. The summed E-state index contributed by atoms with van der Waals surface area (Å²) in [6, 6.07) is 3.98. The predicted molar refractivity (Wildman–Crippen MR) is 86.8 cm³/mol. The van der Waals surface area contributed by atoms with Gasteiger partial charge in [0.25, 0.3) is 5.91 Å². The summed E-state index contributed by atoms with van der Waals surface area (Å²) in [6.07, 6.45) is 0.800. The molecule has 0 aliphatic carbocycles. The molecule has 0 radical (unpaired) electrons. The molecule has 7 heteroatoms. The van der Waals surface area contributed by atoms with Crippen molar-refractivity contribution in [3.05, 3.63) is 28.6 Å². The maximum atomic E-state index is 11.9. The van der Waals surface area contributed by atoms with Crippen LogP contribution in [0.1, 0.15) is 16.9 Å². The van der Waals surface area contributed by atoms with Crippen molar-refractivity contribution in [1.82, 2.24) is 10.3 Å². The minimum Gasteiger partial charge on any atom is -0.396 e. The van der Waals surface area contributed by atoms with Gasteiger partial charge in [-0.05, 0) is 23.6 Å². The van der Waals surface area contributed by atoms with Gasteiger partial charge >= 0.3 is 0 Å². The largest absolute Gasteiger partial charge is 0.396 e. The van der Waals surface area contributed by atoms with Crippen molar-refractivity contribution in [1.29, 1.82) is 0 Å². The summed E-state index contributed by atoms with van der Waals surface area (Å²) < 4.78 is 0. The molecule has 0 saturated carbocycles. The zero-order valence-corrected chi connectivity index (χ0v) is 13.3. The number of aliphatic hydroxyl groups excluding tert-OH is 1. The van der Waals surface area contributed by atoms with Crippen LogP contribution in [0.5, 0.6) is 0 Å². The highest BCUT2D eigenvalue weighted by atomic mass is 32.2. The van der Waals surface area contributed by atoms with E-state index < -0.39 is 0 Å². The van der Waals surface area contributed by atoms with E-state index in [1.54, 1.807) is 28.5 Å². The second-order valence-corrected chi connectivity index (χ2v) is 6.99. The normalized spacial score (nSPS) is 10.7. The van der Waals surface area contributed by atoms with Gasteiger partial charge in [0.05, 0.1) is 4.88 Å². The van der Waals surface area contributed by atoms with E-state index in [2.05, 4.69) is 10.3 Å². The maximum absolute atomic E-state index is 11.9. The minimum atomic E-state index is -0.119. The van der Waals surface area contributed by atoms with E-state index >= 15 is 0 Å². The Hall–Kier alpha value is -0.890. The molecule has 0 spiro atoms. The van der Waals surface area contributed by atoms with E-state index in [0.717, 1.165) is 27.8 Å². The average molecular weight is 328 g/mol. The standard InChI is InChI=1S/C13H16N2O2S3/c16-5-2-6-18-8-4-14-12(17)10-9-20-13(15-10)11-3-1-7-19-11/h1,3,7,9,16H,2,4-6,8H2,(H,14,17). The lowest BCUT2D eigenvalue weighted by atomic mass is 10.4. The number of amides is 1. The Labute approximate surface area is 130 Å². The third-order valence-electron chi connectivity index (χ3n) is 2.45. The molecule has 108 valence electrons. The van der Waals surface area contributed by atoms with E-state index in [4.69, 9.17) is 5.11 Å². The van der Waals surface area contributed by atoms with Crippen molar-refractivity contribution in [2.75, 3.05) is 24.7 Å². The smallest absolute Gasteiger partial charge is 0.270 e. The first kappa shape index (κ1) is 15.5. The van der Waals surface area contributed by atoms with Crippen LogP contribution in [0.4, 0.5) is 0 Å². The SMILES string of the molecule is O=C(NCCSCCCO)c1csc(-c2cccs2)n1. The molecule has 20 heavy (non-hydrogen) atoms. The Morgan fingerprint density at radius 2 is 2.30 bits per heavy atom. The Balaban J connectivity index is 1.76. The van der Waals surface area contributed by atoms with E-state index in [0.29, 0.717) is 12.2 Å². The summed E-state index contributed by atoms with van der Waals surface area (Å²) in [5, 5.41) is 16.2. The average Bonchev–Trinajstić information content (AvgIpc) is 3.12. The van der Waals surface area contributed by atoms with Gasteiger partial charge in [-0.25, -0.2) is 4.98 Å². The molecule has 4 nitrogen and oxygen atoms in total. The van der Waals surface area contributed by atoms with Crippen LogP contribution in [-0.4, -0.2) is 40.7 Å². The van der Waals surface area contributed by atoms with Gasteiger partial charge in [0.15, 0.2) is 0 Å². The molecule has 1 amide bonds. The highest BCUT2D eigenvalue weighted by Gasteiger charge is 2.11. The molecule has 2 aromatic heterocycles. The first-order valence-corrected chi connectivity index (χ1v) is 9.19. The van der Waals surface area contributed by atoms with Crippen molar-refractivity contribution in [3.63, 3.8) is 0 Å². The summed E-state index contributed by atoms with van der Waals surface area (Å²) in [4.78, 5) is 17.4. The summed E-state index contributed by atoms with van der Waals surface area (Å²) >= 11 is 4.84. The third kappa shape index (κ3) is 4.59. The van der Waals surface area contributed by atoms with Crippen LogP contribution >= 0.6 is 34.4 Å². The van der Waals surface area contributed by atoms with Gasteiger partial charge in [-0.2, -0.15) is 11.8 Å². The molecule has 0 fully saturated rings. The number of rotatable bonds is 8. The Bertz CT molecular complexity index is 525. The number of thiophene rings is 1.